The molecule has 0 aromatic heterocycles. The first kappa shape index (κ1) is 15.3. The van der Waals surface area contributed by atoms with Crippen molar-refractivity contribution in [2.45, 2.75) is 44.8 Å². The standard InChI is InChI=1S/C14H25N3O3/c1-10-8-16(9-11(2)17(10)6-7-20-3)14(19)12-4-5-13(18)15-12/h10-12H,4-9H2,1-3H3,(H,15,18). The van der Waals surface area contributed by atoms with Crippen molar-refractivity contribution in [1.29, 1.82) is 0 Å². The van der Waals surface area contributed by atoms with Crippen LogP contribution in [0.15, 0.2) is 0 Å². The summed E-state index contributed by atoms with van der Waals surface area (Å²) in [6.07, 6.45) is 1.10. The summed E-state index contributed by atoms with van der Waals surface area (Å²) < 4.78 is 5.14. The summed E-state index contributed by atoms with van der Waals surface area (Å²) in [4.78, 5) is 27.9. The number of nitrogens with zero attached hydrogens (tertiary/aromatic N) is 2. The van der Waals surface area contributed by atoms with Gasteiger partial charge in [-0.2, -0.15) is 0 Å². The predicted molar refractivity (Wildman–Crippen MR) is 75.3 cm³/mol. The summed E-state index contributed by atoms with van der Waals surface area (Å²) in [5, 5.41) is 2.76. The van der Waals surface area contributed by atoms with Crippen LogP contribution in [0.1, 0.15) is 26.7 Å². The Balaban J connectivity index is 1.92. The number of methoxy groups -OCH3 is 1. The molecule has 2 amide bonds. The summed E-state index contributed by atoms with van der Waals surface area (Å²) in [7, 11) is 1.71. The second-order valence-corrected chi connectivity index (χ2v) is 5.83. The highest BCUT2D eigenvalue weighted by Gasteiger charge is 2.36. The molecule has 2 aliphatic heterocycles. The van der Waals surface area contributed by atoms with Crippen molar-refractivity contribution >= 4 is 11.8 Å². The summed E-state index contributed by atoms with van der Waals surface area (Å²) in [6.45, 7) is 7.32. The van der Waals surface area contributed by atoms with Crippen molar-refractivity contribution in [3.63, 3.8) is 0 Å². The molecule has 6 nitrogen and oxygen atoms in total. The van der Waals surface area contributed by atoms with E-state index in [0.29, 0.717) is 31.5 Å². The number of ether oxygens (including phenoxy) is 1. The van der Waals surface area contributed by atoms with Gasteiger partial charge in [0.2, 0.25) is 11.8 Å². The highest BCUT2D eigenvalue weighted by molar-refractivity contribution is 5.90. The minimum absolute atomic E-state index is 0.0109. The molecule has 2 heterocycles. The average Bonchev–Trinajstić information content (AvgIpc) is 2.83. The first-order valence-corrected chi connectivity index (χ1v) is 7.35. The molecular weight excluding hydrogens is 258 g/mol. The molecule has 0 bridgehead atoms. The zero-order chi connectivity index (χ0) is 14.7. The van der Waals surface area contributed by atoms with Crippen LogP contribution in [0.2, 0.25) is 0 Å². The Kier molecular flexibility index (Phi) is 4.99. The first-order chi connectivity index (χ1) is 9.52. The number of carbonyl (C=O) groups is 2. The van der Waals surface area contributed by atoms with Crippen molar-refractivity contribution in [2.75, 3.05) is 33.4 Å². The number of rotatable bonds is 4. The van der Waals surface area contributed by atoms with Gasteiger partial charge in [0.25, 0.3) is 0 Å². The lowest BCUT2D eigenvalue weighted by atomic mass is 10.1. The fraction of sp³-hybridized carbons (Fsp3) is 0.857. The van der Waals surface area contributed by atoms with Crippen molar-refractivity contribution in [3.8, 4) is 0 Å². The molecule has 0 spiro atoms. The maximum Gasteiger partial charge on any atom is 0.245 e. The van der Waals surface area contributed by atoms with Gasteiger partial charge in [0.15, 0.2) is 0 Å². The normalized spacial score (nSPS) is 31.4. The van der Waals surface area contributed by atoms with Crippen molar-refractivity contribution in [1.82, 2.24) is 15.1 Å². The number of hydrogen-bond donors (Lipinski definition) is 1. The maximum absolute atomic E-state index is 12.4. The fourth-order valence-electron chi connectivity index (χ4n) is 3.19. The van der Waals surface area contributed by atoms with E-state index in [1.54, 1.807) is 7.11 Å². The van der Waals surface area contributed by atoms with E-state index in [1.807, 2.05) is 4.90 Å². The molecule has 20 heavy (non-hydrogen) atoms. The van der Waals surface area contributed by atoms with E-state index in [9.17, 15) is 9.59 Å². The molecular formula is C14H25N3O3. The van der Waals surface area contributed by atoms with E-state index in [0.717, 1.165) is 19.6 Å². The van der Waals surface area contributed by atoms with E-state index < -0.39 is 0 Å². The van der Waals surface area contributed by atoms with Crippen LogP contribution in [-0.2, 0) is 14.3 Å². The Morgan fingerprint density at radius 2 is 2.00 bits per heavy atom. The molecule has 2 saturated heterocycles. The van der Waals surface area contributed by atoms with Crippen LogP contribution in [0, 0.1) is 0 Å². The number of amides is 2. The van der Waals surface area contributed by atoms with Gasteiger partial charge < -0.3 is 15.0 Å². The number of nitrogens with one attached hydrogen (secondary N) is 1. The van der Waals surface area contributed by atoms with Crippen LogP contribution in [0.5, 0.6) is 0 Å². The molecule has 0 aromatic carbocycles. The lowest BCUT2D eigenvalue weighted by Crippen LogP contribution is -2.60. The van der Waals surface area contributed by atoms with Gasteiger partial charge >= 0.3 is 0 Å². The topological polar surface area (TPSA) is 61.9 Å². The third-order valence-electron chi connectivity index (χ3n) is 4.26. The molecule has 3 atom stereocenters. The smallest absolute Gasteiger partial charge is 0.245 e. The Morgan fingerprint density at radius 3 is 2.50 bits per heavy atom. The monoisotopic (exact) mass is 283 g/mol. The molecule has 0 aromatic rings. The lowest BCUT2D eigenvalue weighted by molar-refractivity contribution is -0.138. The van der Waals surface area contributed by atoms with Gasteiger partial charge in [0, 0.05) is 45.2 Å². The predicted octanol–water partition coefficient (Wildman–Crippen LogP) is -0.167. The van der Waals surface area contributed by atoms with E-state index in [4.69, 9.17) is 4.74 Å². The van der Waals surface area contributed by atoms with Crippen LogP contribution >= 0.6 is 0 Å². The zero-order valence-electron chi connectivity index (χ0n) is 12.6. The van der Waals surface area contributed by atoms with Crippen LogP contribution in [0.25, 0.3) is 0 Å². The van der Waals surface area contributed by atoms with Crippen LogP contribution in [-0.4, -0.2) is 73.1 Å². The van der Waals surface area contributed by atoms with E-state index in [2.05, 4.69) is 24.1 Å². The Hall–Kier alpha value is -1.14. The van der Waals surface area contributed by atoms with Gasteiger partial charge in [-0.3, -0.25) is 14.5 Å². The molecule has 0 saturated carbocycles. The molecule has 114 valence electrons. The van der Waals surface area contributed by atoms with Gasteiger partial charge in [0.1, 0.15) is 6.04 Å². The third-order valence-corrected chi connectivity index (χ3v) is 4.26. The second kappa shape index (κ2) is 6.54. The van der Waals surface area contributed by atoms with Crippen LogP contribution in [0.4, 0.5) is 0 Å². The molecule has 6 heteroatoms. The van der Waals surface area contributed by atoms with Crippen LogP contribution < -0.4 is 5.32 Å². The van der Waals surface area contributed by atoms with E-state index in [1.165, 1.54) is 0 Å². The van der Waals surface area contributed by atoms with Gasteiger partial charge in [-0.15, -0.1) is 0 Å². The highest BCUT2D eigenvalue weighted by Crippen LogP contribution is 2.18. The molecule has 2 fully saturated rings. The summed E-state index contributed by atoms with van der Waals surface area (Å²) in [5.74, 6) is 0.0594. The van der Waals surface area contributed by atoms with Crippen molar-refractivity contribution in [3.05, 3.63) is 0 Å². The zero-order valence-corrected chi connectivity index (χ0v) is 12.6. The second-order valence-electron chi connectivity index (χ2n) is 5.83. The minimum atomic E-state index is -0.313. The molecule has 2 aliphatic rings. The van der Waals surface area contributed by atoms with Crippen LogP contribution in [0.3, 0.4) is 0 Å². The van der Waals surface area contributed by atoms with Gasteiger partial charge in [-0.25, -0.2) is 0 Å². The summed E-state index contributed by atoms with van der Waals surface area (Å²) in [5.41, 5.74) is 0. The van der Waals surface area contributed by atoms with Gasteiger partial charge in [-0.05, 0) is 20.3 Å². The Bertz CT molecular complexity index is 363. The summed E-state index contributed by atoms with van der Waals surface area (Å²) >= 11 is 0. The highest BCUT2D eigenvalue weighted by atomic mass is 16.5. The minimum Gasteiger partial charge on any atom is -0.383 e. The quantitative estimate of drug-likeness (QED) is 0.778. The van der Waals surface area contributed by atoms with Gasteiger partial charge in [0.05, 0.1) is 6.61 Å². The maximum atomic E-state index is 12.4. The molecule has 2 rings (SSSR count). The number of carbonyl (C=O) groups excluding carboxylic acids is 2. The van der Waals surface area contributed by atoms with Gasteiger partial charge in [-0.1, -0.05) is 0 Å². The third kappa shape index (κ3) is 3.30. The average molecular weight is 283 g/mol. The fourth-order valence-corrected chi connectivity index (χ4v) is 3.19. The lowest BCUT2D eigenvalue weighted by Gasteiger charge is -2.45. The first-order valence-electron chi connectivity index (χ1n) is 7.35. The van der Waals surface area contributed by atoms with Crippen molar-refractivity contribution in [2.24, 2.45) is 0 Å². The SMILES string of the molecule is COCCN1C(C)CN(C(=O)C2CCC(=O)N2)CC1C. The molecule has 0 radical (unpaired) electrons. The van der Waals surface area contributed by atoms with Crippen molar-refractivity contribution < 1.29 is 14.3 Å². The number of piperazine rings is 1. The largest absolute Gasteiger partial charge is 0.383 e. The molecule has 0 aliphatic carbocycles. The van der Waals surface area contributed by atoms with E-state index >= 15 is 0 Å². The Morgan fingerprint density at radius 1 is 1.35 bits per heavy atom. The summed E-state index contributed by atoms with van der Waals surface area (Å²) in [6, 6.07) is 0.317. The molecule has 1 N–H and O–H groups in total. The molecule has 3 unspecified atom stereocenters. The Labute approximate surface area is 120 Å². The van der Waals surface area contributed by atoms with E-state index in [-0.39, 0.29) is 17.9 Å². The number of hydrogen-bond acceptors (Lipinski definition) is 4.